The number of rotatable bonds is 5. The topological polar surface area (TPSA) is 72.2 Å². The molecule has 0 bridgehead atoms. The molecule has 1 rings (SSSR count). The van der Waals surface area contributed by atoms with Crippen molar-refractivity contribution in [3.63, 3.8) is 0 Å². The van der Waals surface area contributed by atoms with Gasteiger partial charge in [-0.2, -0.15) is 0 Å². The van der Waals surface area contributed by atoms with E-state index in [9.17, 15) is 8.42 Å². The van der Waals surface area contributed by atoms with Crippen LogP contribution in [0, 0.1) is 5.92 Å². The van der Waals surface area contributed by atoms with Gasteiger partial charge >= 0.3 is 0 Å². The highest BCUT2D eigenvalue weighted by Crippen LogP contribution is 2.28. The molecule has 0 spiro atoms. The molecule has 0 aliphatic heterocycles. The van der Waals surface area contributed by atoms with E-state index in [-0.39, 0.29) is 33.4 Å². The van der Waals surface area contributed by atoms with Gasteiger partial charge in [0, 0.05) is 12.6 Å². The molecular formula is C11H16Cl2N2O2S. The van der Waals surface area contributed by atoms with E-state index in [4.69, 9.17) is 28.9 Å². The Bertz CT molecular complexity index is 498. The zero-order chi connectivity index (χ0) is 13.9. The Kier molecular flexibility index (Phi) is 5.43. The molecule has 0 heterocycles. The average Bonchev–Trinajstić information content (AvgIpc) is 2.25. The minimum absolute atomic E-state index is 0.0909. The molecule has 0 amide bonds. The Labute approximate surface area is 118 Å². The molecule has 0 saturated heterocycles. The lowest BCUT2D eigenvalue weighted by atomic mass is 10.1. The second kappa shape index (κ2) is 6.21. The zero-order valence-corrected chi connectivity index (χ0v) is 12.5. The van der Waals surface area contributed by atoms with Crippen LogP contribution < -0.4 is 10.5 Å². The standard InChI is InChI=1S/C11H16Cl2N2O2S/c1-7(2)10(14)6-15-18(16,17)11-8(12)4-3-5-9(11)13/h3-5,7,10,15H,6,14H2,1-2H3. The summed E-state index contributed by atoms with van der Waals surface area (Å²) in [4.78, 5) is -0.107. The average molecular weight is 311 g/mol. The minimum Gasteiger partial charge on any atom is -0.326 e. The number of halogens is 2. The van der Waals surface area contributed by atoms with Crippen molar-refractivity contribution in [1.29, 1.82) is 0 Å². The molecule has 1 aromatic rings. The summed E-state index contributed by atoms with van der Waals surface area (Å²) in [5.74, 6) is 0.175. The van der Waals surface area contributed by atoms with Gasteiger partial charge in [0.1, 0.15) is 4.90 Å². The number of hydrogen-bond acceptors (Lipinski definition) is 3. The summed E-state index contributed by atoms with van der Waals surface area (Å²) in [6, 6.07) is 4.28. The normalized spacial score (nSPS) is 13.9. The maximum Gasteiger partial charge on any atom is 0.243 e. The molecule has 102 valence electrons. The molecule has 0 aromatic heterocycles. The first kappa shape index (κ1) is 15.7. The monoisotopic (exact) mass is 310 g/mol. The SMILES string of the molecule is CC(C)C(N)CNS(=O)(=O)c1c(Cl)cccc1Cl. The van der Waals surface area contributed by atoms with Crippen LogP contribution in [-0.4, -0.2) is 21.0 Å². The van der Waals surface area contributed by atoms with Crippen LogP contribution in [0.25, 0.3) is 0 Å². The predicted octanol–water partition coefficient (Wildman–Crippen LogP) is 2.25. The van der Waals surface area contributed by atoms with Crippen molar-refractivity contribution >= 4 is 33.2 Å². The van der Waals surface area contributed by atoms with Crippen LogP contribution >= 0.6 is 23.2 Å². The summed E-state index contributed by atoms with van der Waals surface area (Å²) in [5, 5.41) is 0.182. The van der Waals surface area contributed by atoms with Gasteiger partial charge < -0.3 is 5.73 Å². The van der Waals surface area contributed by atoms with Gasteiger partial charge in [0.25, 0.3) is 0 Å². The molecule has 0 saturated carbocycles. The van der Waals surface area contributed by atoms with E-state index >= 15 is 0 Å². The Morgan fingerprint density at radius 3 is 2.22 bits per heavy atom. The van der Waals surface area contributed by atoms with Gasteiger partial charge in [-0.15, -0.1) is 0 Å². The fourth-order valence-electron chi connectivity index (χ4n) is 1.25. The Balaban J connectivity index is 2.94. The smallest absolute Gasteiger partial charge is 0.243 e. The van der Waals surface area contributed by atoms with Gasteiger partial charge in [-0.3, -0.25) is 0 Å². The highest BCUT2D eigenvalue weighted by Gasteiger charge is 2.22. The van der Waals surface area contributed by atoms with E-state index in [2.05, 4.69) is 4.72 Å². The predicted molar refractivity (Wildman–Crippen MR) is 74.5 cm³/mol. The lowest BCUT2D eigenvalue weighted by Gasteiger charge is -2.17. The Morgan fingerprint density at radius 2 is 1.78 bits per heavy atom. The fourth-order valence-corrected chi connectivity index (χ4v) is 3.47. The van der Waals surface area contributed by atoms with Crippen LogP contribution in [0.2, 0.25) is 10.0 Å². The number of nitrogens with two attached hydrogens (primary N) is 1. The van der Waals surface area contributed by atoms with Crippen molar-refractivity contribution in [3.8, 4) is 0 Å². The molecular weight excluding hydrogens is 295 g/mol. The lowest BCUT2D eigenvalue weighted by molar-refractivity contribution is 0.481. The fraction of sp³-hybridized carbons (Fsp3) is 0.455. The van der Waals surface area contributed by atoms with Crippen molar-refractivity contribution in [2.75, 3.05) is 6.54 Å². The highest BCUT2D eigenvalue weighted by atomic mass is 35.5. The number of nitrogens with one attached hydrogen (secondary N) is 1. The van der Waals surface area contributed by atoms with Crippen molar-refractivity contribution in [2.45, 2.75) is 24.8 Å². The van der Waals surface area contributed by atoms with Gasteiger partial charge in [-0.1, -0.05) is 43.1 Å². The van der Waals surface area contributed by atoms with Crippen molar-refractivity contribution in [3.05, 3.63) is 28.2 Å². The third-order valence-corrected chi connectivity index (χ3v) is 4.93. The maximum atomic E-state index is 12.1. The minimum atomic E-state index is -3.74. The van der Waals surface area contributed by atoms with Crippen molar-refractivity contribution in [2.24, 2.45) is 11.7 Å². The van der Waals surface area contributed by atoms with Crippen molar-refractivity contribution < 1.29 is 8.42 Å². The van der Waals surface area contributed by atoms with E-state index in [1.807, 2.05) is 13.8 Å². The highest BCUT2D eigenvalue weighted by molar-refractivity contribution is 7.89. The third kappa shape index (κ3) is 3.83. The van der Waals surface area contributed by atoms with Gasteiger partial charge in [-0.25, -0.2) is 13.1 Å². The number of hydrogen-bond donors (Lipinski definition) is 2. The van der Waals surface area contributed by atoms with Gasteiger partial charge in [0.2, 0.25) is 10.0 Å². The maximum absolute atomic E-state index is 12.1. The molecule has 4 nitrogen and oxygen atoms in total. The molecule has 1 aromatic carbocycles. The van der Waals surface area contributed by atoms with Crippen LogP contribution in [0.3, 0.4) is 0 Å². The molecule has 0 aliphatic rings. The second-order valence-corrected chi connectivity index (χ2v) is 6.83. The van der Waals surface area contributed by atoms with Crippen LogP contribution in [0.4, 0.5) is 0 Å². The van der Waals surface area contributed by atoms with E-state index in [1.54, 1.807) is 6.07 Å². The largest absolute Gasteiger partial charge is 0.326 e. The van der Waals surface area contributed by atoms with E-state index in [0.29, 0.717) is 0 Å². The summed E-state index contributed by atoms with van der Waals surface area (Å²) in [6.07, 6.45) is 0. The lowest BCUT2D eigenvalue weighted by Crippen LogP contribution is -2.40. The summed E-state index contributed by atoms with van der Waals surface area (Å²) in [6.45, 7) is 3.98. The summed E-state index contributed by atoms with van der Waals surface area (Å²) < 4.78 is 26.5. The van der Waals surface area contributed by atoms with Crippen LogP contribution in [-0.2, 0) is 10.0 Å². The molecule has 0 fully saturated rings. The van der Waals surface area contributed by atoms with Crippen LogP contribution in [0.15, 0.2) is 23.1 Å². The molecule has 1 atom stereocenters. The van der Waals surface area contributed by atoms with Gasteiger partial charge in [-0.05, 0) is 18.1 Å². The zero-order valence-electron chi connectivity index (χ0n) is 10.2. The summed E-state index contributed by atoms with van der Waals surface area (Å²) >= 11 is 11.7. The van der Waals surface area contributed by atoms with Gasteiger partial charge in [0.15, 0.2) is 0 Å². The third-order valence-electron chi connectivity index (χ3n) is 2.55. The summed E-state index contributed by atoms with van der Waals surface area (Å²) in [7, 11) is -3.74. The first-order valence-electron chi connectivity index (χ1n) is 5.45. The number of sulfonamides is 1. The molecule has 0 radical (unpaired) electrons. The van der Waals surface area contributed by atoms with Gasteiger partial charge in [0.05, 0.1) is 10.0 Å². The second-order valence-electron chi connectivity index (χ2n) is 4.31. The molecule has 1 unspecified atom stereocenters. The van der Waals surface area contributed by atoms with E-state index < -0.39 is 10.0 Å². The van der Waals surface area contributed by atoms with E-state index in [0.717, 1.165) is 0 Å². The molecule has 0 aliphatic carbocycles. The van der Waals surface area contributed by atoms with Crippen LogP contribution in [0.5, 0.6) is 0 Å². The molecule has 3 N–H and O–H groups in total. The number of benzene rings is 1. The van der Waals surface area contributed by atoms with Crippen molar-refractivity contribution in [1.82, 2.24) is 4.72 Å². The van der Waals surface area contributed by atoms with E-state index in [1.165, 1.54) is 12.1 Å². The van der Waals surface area contributed by atoms with Crippen LogP contribution in [0.1, 0.15) is 13.8 Å². The Morgan fingerprint density at radius 1 is 1.28 bits per heavy atom. The molecule has 18 heavy (non-hydrogen) atoms. The quantitative estimate of drug-likeness (QED) is 0.876. The first-order valence-corrected chi connectivity index (χ1v) is 7.69. The first-order chi connectivity index (χ1) is 8.25. The molecule has 7 heteroatoms. The summed E-state index contributed by atoms with van der Waals surface area (Å²) in [5.41, 5.74) is 5.78. The Hall–Kier alpha value is -0.330.